The second-order valence-corrected chi connectivity index (χ2v) is 5.05. The number of para-hydroxylation sites is 1. The maximum absolute atomic E-state index is 12.4. The van der Waals surface area contributed by atoms with E-state index in [0.717, 1.165) is 16.6 Å². The smallest absolute Gasteiger partial charge is 0.272 e. The molecule has 0 bridgehead atoms. The van der Waals surface area contributed by atoms with Crippen molar-refractivity contribution in [3.05, 3.63) is 54.0 Å². The summed E-state index contributed by atoms with van der Waals surface area (Å²) in [5.41, 5.74) is 9.17. The number of nitrogen functional groups attached to an aromatic ring is 1. The third-order valence-electron chi connectivity index (χ3n) is 3.37. The lowest BCUT2D eigenvalue weighted by Crippen LogP contribution is -2.15. The van der Waals surface area contributed by atoms with E-state index in [1.165, 1.54) is 0 Å². The molecular weight excluding hydrogens is 264 g/mol. The lowest BCUT2D eigenvalue weighted by molar-refractivity contribution is 0.101. The van der Waals surface area contributed by atoms with Crippen LogP contribution < -0.4 is 11.1 Å². The van der Waals surface area contributed by atoms with Gasteiger partial charge in [-0.15, -0.1) is 0 Å². The van der Waals surface area contributed by atoms with Gasteiger partial charge in [-0.1, -0.05) is 18.2 Å². The van der Waals surface area contributed by atoms with Gasteiger partial charge in [-0.3, -0.25) is 9.78 Å². The SMILES string of the molecule is Cc1ccc2cccc(NC(=O)c3cc(N)cn3C)c2n1. The number of rotatable bonds is 2. The predicted octanol–water partition coefficient (Wildman–Crippen LogP) is 2.72. The van der Waals surface area contributed by atoms with Crippen LogP contribution in [0.5, 0.6) is 0 Å². The van der Waals surface area contributed by atoms with E-state index in [-0.39, 0.29) is 5.91 Å². The van der Waals surface area contributed by atoms with Crippen LogP contribution in [0.15, 0.2) is 42.6 Å². The zero-order valence-corrected chi connectivity index (χ0v) is 11.9. The molecule has 0 saturated carbocycles. The summed E-state index contributed by atoms with van der Waals surface area (Å²) in [5, 5.41) is 3.90. The maximum Gasteiger partial charge on any atom is 0.272 e. The molecule has 1 aromatic carbocycles. The standard InChI is InChI=1S/C16H16N4O/c1-10-6-7-11-4-3-5-13(15(11)18-10)19-16(21)14-8-12(17)9-20(14)2/h3-9H,17H2,1-2H3,(H,19,21). The van der Waals surface area contributed by atoms with E-state index >= 15 is 0 Å². The van der Waals surface area contributed by atoms with Crippen molar-refractivity contribution in [1.29, 1.82) is 0 Å². The number of benzene rings is 1. The van der Waals surface area contributed by atoms with Crippen molar-refractivity contribution in [2.24, 2.45) is 7.05 Å². The summed E-state index contributed by atoms with van der Waals surface area (Å²) in [5.74, 6) is -0.204. The van der Waals surface area contributed by atoms with Crippen LogP contribution >= 0.6 is 0 Å². The van der Waals surface area contributed by atoms with Crippen LogP contribution in [0.2, 0.25) is 0 Å². The molecule has 0 unspecified atom stereocenters. The van der Waals surface area contributed by atoms with Crippen molar-refractivity contribution in [2.75, 3.05) is 11.1 Å². The molecule has 106 valence electrons. The molecular formula is C16H16N4O. The van der Waals surface area contributed by atoms with E-state index in [0.29, 0.717) is 17.1 Å². The minimum absolute atomic E-state index is 0.204. The average molecular weight is 280 g/mol. The highest BCUT2D eigenvalue weighted by Crippen LogP contribution is 2.22. The molecule has 3 N–H and O–H groups in total. The number of anilines is 2. The Kier molecular flexibility index (Phi) is 3.10. The highest BCUT2D eigenvalue weighted by Gasteiger charge is 2.13. The number of nitrogens with one attached hydrogen (secondary N) is 1. The number of nitrogens with two attached hydrogens (primary N) is 1. The minimum atomic E-state index is -0.204. The van der Waals surface area contributed by atoms with Gasteiger partial charge < -0.3 is 15.6 Å². The van der Waals surface area contributed by atoms with Crippen molar-refractivity contribution in [3.63, 3.8) is 0 Å². The number of hydrogen-bond donors (Lipinski definition) is 2. The van der Waals surface area contributed by atoms with E-state index in [1.54, 1.807) is 23.9 Å². The van der Waals surface area contributed by atoms with Crippen LogP contribution in [0.4, 0.5) is 11.4 Å². The first-order chi connectivity index (χ1) is 10.0. The van der Waals surface area contributed by atoms with E-state index in [2.05, 4.69) is 10.3 Å². The Morgan fingerprint density at radius 3 is 2.81 bits per heavy atom. The van der Waals surface area contributed by atoms with Gasteiger partial charge in [-0.05, 0) is 25.1 Å². The number of carbonyl (C=O) groups excluding carboxylic acids is 1. The third-order valence-corrected chi connectivity index (χ3v) is 3.37. The van der Waals surface area contributed by atoms with Gasteiger partial charge >= 0.3 is 0 Å². The quantitative estimate of drug-likeness (QED) is 0.758. The summed E-state index contributed by atoms with van der Waals surface area (Å²) in [7, 11) is 1.79. The number of amides is 1. The zero-order valence-electron chi connectivity index (χ0n) is 11.9. The topological polar surface area (TPSA) is 72.9 Å². The highest BCUT2D eigenvalue weighted by atomic mass is 16.1. The molecule has 1 amide bonds. The van der Waals surface area contributed by atoms with Crippen molar-refractivity contribution in [2.45, 2.75) is 6.92 Å². The molecule has 21 heavy (non-hydrogen) atoms. The van der Waals surface area contributed by atoms with Gasteiger partial charge in [-0.25, -0.2) is 0 Å². The molecule has 0 aliphatic heterocycles. The van der Waals surface area contributed by atoms with Crippen LogP contribution in [0, 0.1) is 6.92 Å². The van der Waals surface area contributed by atoms with Crippen molar-refractivity contribution in [1.82, 2.24) is 9.55 Å². The van der Waals surface area contributed by atoms with Gasteiger partial charge in [-0.2, -0.15) is 0 Å². The van der Waals surface area contributed by atoms with Crippen LogP contribution in [0.1, 0.15) is 16.2 Å². The predicted molar refractivity (Wildman–Crippen MR) is 84.3 cm³/mol. The van der Waals surface area contributed by atoms with Gasteiger partial charge in [0.1, 0.15) is 5.69 Å². The largest absolute Gasteiger partial charge is 0.397 e. The number of carbonyl (C=O) groups is 1. The molecule has 5 nitrogen and oxygen atoms in total. The van der Waals surface area contributed by atoms with E-state index < -0.39 is 0 Å². The Bertz CT molecular complexity index is 835. The van der Waals surface area contributed by atoms with E-state index in [1.807, 2.05) is 37.3 Å². The summed E-state index contributed by atoms with van der Waals surface area (Å²) < 4.78 is 1.70. The normalized spacial score (nSPS) is 10.8. The highest BCUT2D eigenvalue weighted by molar-refractivity contribution is 6.07. The van der Waals surface area contributed by atoms with Gasteiger partial charge in [0, 0.05) is 24.3 Å². The molecule has 2 heterocycles. The van der Waals surface area contributed by atoms with Crippen LogP contribution in [0.3, 0.4) is 0 Å². The van der Waals surface area contributed by atoms with Gasteiger partial charge in [0.05, 0.1) is 16.9 Å². The number of hydrogen-bond acceptors (Lipinski definition) is 3. The molecule has 2 aromatic heterocycles. The Balaban J connectivity index is 2.00. The summed E-state index contributed by atoms with van der Waals surface area (Å²) in [6.45, 7) is 1.93. The molecule has 0 atom stereocenters. The van der Waals surface area contributed by atoms with Crippen molar-refractivity contribution >= 4 is 28.2 Å². The van der Waals surface area contributed by atoms with E-state index in [4.69, 9.17) is 5.73 Å². The summed E-state index contributed by atoms with van der Waals surface area (Å²) in [4.78, 5) is 16.9. The average Bonchev–Trinajstić information content (AvgIpc) is 2.78. The Morgan fingerprint density at radius 1 is 1.29 bits per heavy atom. The second-order valence-electron chi connectivity index (χ2n) is 5.05. The zero-order chi connectivity index (χ0) is 15.0. The minimum Gasteiger partial charge on any atom is -0.397 e. The first-order valence-electron chi connectivity index (χ1n) is 6.64. The first kappa shape index (κ1) is 13.2. The second kappa shape index (κ2) is 4.94. The van der Waals surface area contributed by atoms with Gasteiger partial charge in [0.2, 0.25) is 0 Å². The van der Waals surface area contributed by atoms with Crippen molar-refractivity contribution < 1.29 is 4.79 Å². The summed E-state index contributed by atoms with van der Waals surface area (Å²) in [6, 6.07) is 11.3. The summed E-state index contributed by atoms with van der Waals surface area (Å²) in [6.07, 6.45) is 1.71. The van der Waals surface area contributed by atoms with Crippen LogP contribution in [-0.4, -0.2) is 15.5 Å². The number of aromatic nitrogens is 2. The molecule has 0 aliphatic carbocycles. The van der Waals surface area contributed by atoms with Crippen LogP contribution in [0.25, 0.3) is 10.9 Å². The molecule has 0 spiro atoms. The fourth-order valence-electron chi connectivity index (χ4n) is 2.35. The molecule has 5 heteroatoms. The monoisotopic (exact) mass is 280 g/mol. The van der Waals surface area contributed by atoms with Gasteiger partial charge in [0.25, 0.3) is 5.91 Å². The van der Waals surface area contributed by atoms with Crippen LogP contribution in [-0.2, 0) is 7.05 Å². The fraction of sp³-hybridized carbons (Fsp3) is 0.125. The number of nitrogens with zero attached hydrogens (tertiary/aromatic N) is 2. The lowest BCUT2D eigenvalue weighted by Gasteiger charge is -2.09. The lowest BCUT2D eigenvalue weighted by atomic mass is 10.1. The molecule has 3 rings (SSSR count). The molecule has 0 aliphatic rings. The molecule has 0 radical (unpaired) electrons. The number of aryl methyl sites for hydroxylation is 2. The Hall–Kier alpha value is -2.82. The fourth-order valence-corrected chi connectivity index (χ4v) is 2.35. The summed E-state index contributed by atoms with van der Waals surface area (Å²) >= 11 is 0. The first-order valence-corrected chi connectivity index (χ1v) is 6.64. The molecule has 0 saturated heterocycles. The molecule has 0 fully saturated rings. The third kappa shape index (κ3) is 2.45. The maximum atomic E-state index is 12.4. The Morgan fingerprint density at radius 2 is 2.10 bits per heavy atom. The van der Waals surface area contributed by atoms with Crippen molar-refractivity contribution in [3.8, 4) is 0 Å². The van der Waals surface area contributed by atoms with E-state index in [9.17, 15) is 4.79 Å². The molecule has 3 aromatic rings. The Labute approximate surface area is 122 Å². The number of pyridine rings is 1. The number of fused-ring (bicyclic) bond motifs is 1. The van der Waals surface area contributed by atoms with Gasteiger partial charge in [0.15, 0.2) is 0 Å².